The molecule has 2 amide bonds. The van der Waals surface area contributed by atoms with Crippen LogP contribution in [0, 0.1) is 23.1 Å². The Morgan fingerprint density at radius 2 is 1.53 bits per heavy atom. The van der Waals surface area contributed by atoms with E-state index in [1.54, 1.807) is 4.90 Å². The van der Waals surface area contributed by atoms with Gasteiger partial charge in [0.2, 0.25) is 5.91 Å². The molecule has 0 aliphatic carbocycles. The van der Waals surface area contributed by atoms with E-state index < -0.39 is 0 Å². The van der Waals surface area contributed by atoms with Crippen molar-refractivity contribution in [3.05, 3.63) is 65.5 Å². The maximum absolute atomic E-state index is 13.1. The lowest BCUT2D eigenvalue weighted by Gasteiger charge is -2.34. The fourth-order valence-corrected chi connectivity index (χ4v) is 4.51. The topological polar surface area (TPSA) is 67.7 Å². The van der Waals surface area contributed by atoms with Crippen LogP contribution in [0.3, 0.4) is 0 Å². The first-order valence-corrected chi connectivity index (χ1v) is 11.1. The first-order valence-electron chi connectivity index (χ1n) is 11.1. The number of carbonyl (C=O) groups excluding carboxylic acids is 2. The minimum absolute atomic E-state index is 0.0614. The van der Waals surface area contributed by atoms with Gasteiger partial charge in [-0.15, -0.1) is 0 Å². The highest BCUT2D eigenvalue weighted by Gasteiger charge is 2.31. The number of anilines is 1. The van der Waals surface area contributed by atoms with Gasteiger partial charge in [-0.2, -0.15) is 5.26 Å². The van der Waals surface area contributed by atoms with Crippen LogP contribution >= 0.6 is 0 Å². The minimum Gasteiger partial charge on any atom is -0.370 e. The van der Waals surface area contributed by atoms with Gasteiger partial charge in [-0.3, -0.25) is 9.59 Å². The van der Waals surface area contributed by atoms with Crippen LogP contribution in [0.2, 0.25) is 0 Å². The fourth-order valence-electron chi connectivity index (χ4n) is 4.51. The summed E-state index contributed by atoms with van der Waals surface area (Å²) in [5.74, 6) is -0.348. The molecule has 32 heavy (non-hydrogen) atoms. The van der Waals surface area contributed by atoms with E-state index in [9.17, 15) is 14.0 Å². The average Bonchev–Trinajstić information content (AvgIpc) is 3.10. The van der Waals surface area contributed by atoms with Crippen molar-refractivity contribution >= 4 is 17.5 Å². The number of likely N-dealkylation sites (tertiary alicyclic amines) is 1. The molecule has 0 radical (unpaired) electrons. The molecule has 4 rings (SSSR count). The number of rotatable bonds is 3. The van der Waals surface area contributed by atoms with Crippen LogP contribution < -0.4 is 4.90 Å². The quantitative estimate of drug-likeness (QED) is 0.744. The van der Waals surface area contributed by atoms with E-state index in [0.29, 0.717) is 43.6 Å². The summed E-state index contributed by atoms with van der Waals surface area (Å²) >= 11 is 0. The molecule has 0 N–H and O–H groups in total. The van der Waals surface area contributed by atoms with Crippen molar-refractivity contribution < 1.29 is 14.0 Å². The Bertz CT molecular complexity index is 992. The van der Waals surface area contributed by atoms with Gasteiger partial charge >= 0.3 is 0 Å². The molecule has 2 saturated heterocycles. The van der Waals surface area contributed by atoms with Crippen LogP contribution in [-0.4, -0.2) is 60.9 Å². The molecular formula is C25H27FN4O2. The number of piperidine rings is 1. The van der Waals surface area contributed by atoms with Gasteiger partial charge in [-0.1, -0.05) is 0 Å². The SMILES string of the molecule is N#Cc1ccc(N2CCCN(C(=O)C3CCN(C(=O)c4ccc(F)cc4)CC3)CC2)cc1. The van der Waals surface area contributed by atoms with Crippen molar-refractivity contribution in [3.63, 3.8) is 0 Å². The maximum Gasteiger partial charge on any atom is 0.253 e. The van der Waals surface area contributed by atoms with E-state index in [4.69, 9.17) is 5.26 Å². The fraction of sp³-hybridized carbons (Fsp3) is 0.400. The van der Waals surface area contributed by atoms with Crippen molar-refractivity contribution in [2.24, 2.45) is 5.92 Å². The molecule has 166 valence electrons. The molecule has 0 spiro atoms. The number of carbonyl (C=O) groups is 2. The summed E-state index contributed by atoms with van der Waals surface area (Å²) in [6.07, 6.45) is 2.21. The maximum atomic E-state index is 13.1. The lowest BCUT2D eigenvalue weighted by atomic mass is 9.94. The Labute approximate surface area is 187 Å². The molecule has 0 unspecified atom stereocenters. The van der Waals surface area contributed by atoms with Gasteiger partial charge in [0, 0.05) is 56.4 Å². The summed E-state index contributed by atoms with van der Waals surface area (Å²) in [7, 11) is 0. The van der Waals surface area contributed by atoms with Crippen molar-refractivity contribution in [3.8, 4) is 6.07 Å². The van der Waals surface area contributed by atoms with Crippen LogP contribution in [0.1, 0.15) is 35.2 Å². The van der Waals surface area contributed by atoms with Crippen molar-refractivity contribution in [1.29, 1.82) is 5.26 Å². The van der Waals surface area contributed by atoms with Crippen molar-refractivity contribution in [2.75, 3.05) is 44.2 Å². The van der Waals surface area contributed by atoms with Gasteiger partial charge in [-0.05, 0) is 67.8 Å². The van der Waals surface area contributed by atoms with E-state index in [0.717, 1.165) is 31.7 Å². The van der Waals surface area contributed by atoms with E-state index in [1.807, 2.05) is 29.2 Å². The van der Waals surface area contributed by atoms with Crippen LogP contribution in [0.4, 0.5) is 10.1 Å². The van der Waals surface area contributed by atoms with Crippen molar-refractivity contribution in [2.45, 2.75) is 19.3 Å². The largest absolute Gasteiger partial charge is 0.370 e. The van der Waals surface area contributed by atoms with Gasteiger partial charge < -0.3 is 14.7 Å². The molecule has 7 heteroatoms. The van der Waals surface area contributed by atoms with Crippen LogP contribution in [0.15, 0.2) is 48.5 Å². The van der Waals surface area contributed by atoms with E-state index >= 15 is 0 Å². The first kappa shape index (κ1) is 21.8. The lowest BCUT2D eigenvalue weighted by molar-refractivity contribution is -0.136. The minimum atomic E-state index is -0.360. The van der Waals surface area contributed by atoms with E-state index in [1.165, 1.54) is 24.3 Å². The van der Waals surface area contributed by atoms with E-state index in [2.05, 4.69) is 11.0 Å². The second-order valence-corrected chi connectivity index (χ2v) is 8.40. The summed E-state index contributed by atoms with van der Waals surface area (Å²) in [5, 5.41) is 8.98. The summed E-state index contributed by atoms with van der Waals surface area (Å²) in [4.78, 5) is 31.8. The number of hydrogen-bond acceptors (Lipinski definition) is 4. The molecule has 0 aromatic heterocycles. The molecular weight excluding hydrogens is 407 g/mol. The molecule has 2 aliphatic heterocycles. The van der Waals surface area contributed by atoms with Crippen LogP contribution in [-0.2, 0) is 4.79 Å². The van der Waals surface area contributed by atoms with Gasteiger partial charge in [0.15, 0.2) is 0 Å². The molecule has 2 aromatic rings. The number of halogens is 1. The Morgan fingerprint density at radius 1 is 0.844 bits per heavy atom. The summed E-state index contributed by atoms with van der Waals surface area (Å²) < 4.78 is 13.1. The normalized spacial score (nSPS) is 17.6. The van der Waals surface area contributed by atoms with Gasteiger partial charge in [0.1, 0.15) is 5.82 Å². The Balaban J connectivity index is 1.30. The molecule has 2 aromatic carbocycles. The third kappa shape index (κ3) is 4.91. The summed E-state index contributed by atoms with van der Waals surface area (Å²) in [5.41, 5.74) is 2.20. The van der Waals surface area contributed by atoms with Crippen LogP contribution in [0.5, 0.6) is 0 Å². The molecule has 2 heterocycles. The second kappa shape index (κ2) is 9.82. The monoisotopic (exact) mass is 434 g/mol. The zero-order chi connectivity index (χ0) is 22.5. The standard InChI is InChI=1S/C25H27FN4O2/c26-22-6-4-20(5-7-22)24(31)30-14-10-21(11-15-30)25(32)29-13-1-12-28(16-17-29)23-8-2-19(18-27)3-9-23/h2-9,21H,1,10-17H2. The molecule has 0 saturated carbocycles. The zero-order valence-corrected chi connectivity index (χ0v) is 18.0. The van der Waals surface area contributed by atoms with Gasteiger partial charge in [0.05, 0.1) is 11.6 Å². The summed E-state index contributed by atoms with van der Waals surface area (Å²) in [6.45, 7) is 4.13. The molecule has 2 fully saturated rings. The first-order chi connectivity index (χ1) is 15.5. The number of benzene rings is 2. The predicted octanol–water partition coefficient (Wildman–Crippen LogP) is 3.29. The molecule has 6 nitrogen and oxygen atoms in total. The number of amides is 2. The number of hydrogen-bond donors (Lipinski definition) is 0. The molecule has 2 aliphatic rings. The van der Waals surface area contributed by atoms with Gasteiger partial charge in [0.25, 0.3) is 5.91 Å². The molecule has 0 atom stereocenters. The predicted molar refractivity (Wildman–Crippen MR) is 120 cm³/mol. The Kier molecular flexibility index (Phi) is 6.69. The summed E-state index contributed by atoms with van der Waals surface area (Å²) in [6, 6.07) is 15.3. The average molecular weight is 435 g/mol. The third-order valence-corrected chi connectivity index (χ3v) is 6.39. The zero-order valence-electron chi connectivity index (χ0n) is 18.0. The molecule has 0 bridgehead atoms. The number of nitrogens with zero attached hydrogens (tertiary/aromatic N) is 4. The van der Waals surface area contributed by atoms with Crippen LogP contribution in [0.25, 0.3) is 0 Å². The number of nitriles is 1. The second-order valence-electron chi connectivity index (χ2n) is 8.40. The lowest BCUT2D eigenvalue weighted by Crippen LogP contribution is -2.45. The highest BCUT2D eigenvalue weighted by Crippen LogP contribution is 2.23. The van der Waals surface area contributed by atoms with E-state index in [-0.39, 0.29) is 23.5 Å². The smallest absolute Gasteiger partial charge is 0.253 e. The highest BCUT2D eigenvalue weighted by molar-refractivity contribution is 5.94. The van der Waals surface area contributed by atoms with Gasteiger partial charge in [-0.25, -0.2) is 4.39 Å². The Hall–Kier alpha value is -3.40. The van der Waals surface area contributed by atoms with Crippen molar-refractivity contribution in [1.82, 2.24) is 9.80 Å². The third-order valence-electron chi connectivity index (χ3n) is 6.39. The Morgan fingerprint density at radius 3 is 2.19 bits per heavy atom. The highest BCUT2D eigenvalue weighted by atomic mass is 19.1.